The molecule has 2 aromatic carbocycles. The fourth-order valence-corrected chi connectivity index (χ4v) is 3.51. The highest BCUT2D eigenvalue weighted by atomic mass is 35.5. The summed E-state index contributed by atoms with van der Waals surface area (Å²) < 4.78 is 23.2. The zero-order chi connectivity index (χ0) is 16.6. The summed E-state index contributed by atoms with van der Waals surface area (Å²) in [7, 11) is -3.17. The van der Waals surface area contributed by atoms with Crippen molar-refractivity contribution in [2.75, 3.05) is 6.26 Å². The summed E-state index contributed by atoms with van der Waals surface area (Å²) >= 11 is 6.24. The Morgan fingerprint density at radius 3 is 2.04 bits per heavy atom. The summed E-state index contributed by atoms with van der Waals surface area (Å²) in [4.78, 5) is 0.337. The summed E-state index contributed by atoms with van der Waals surface area (Å²) in [5.74, 6) is 0. The van der Waals surface area contributed by atoms with Crippen molar-refractivity contribution in [3.8, 4) is 0 Å². The summed E-state index contributed by atoms with van der Waals surface area (Å²) in [6.45, 7) is 1.98. The number of aryl methyl sites for hydroxylation is 1. The first-order valence-corrected chi connectivity index (χ1v) is 9.61. The first kappa shape index (κ1) is 16.0. The molecule has 0 atom stereocenters. The minimum atomic E-state index is -3.17. The fourth-order valence-electron chi connectivity index (χ4n) is 2.70. The maximum absolute atomic E-state index is 11.6. The Balaban J connectivity index is 1.97. The molecule has 0 saturated heterocycles. The third-order valence-electron chi connectivity index (χ3n) is 4.01. The molecule has 0 N–H and O–H groups in total. The second-order valence-electron chi connectivity index (χ2n) is 5.73. The van der Waals surface area contributed by atoms with E-state index in [1.807, 2.05) is 31.2 Å². The minimum absolute atomic E-state index is 0.337. The van der Waals surface area contributed by atoms with Crippen molar-refractivity contribution < 1.29 is 8.42 Å². The van der Waals surface area contributed by atoms with Gasteiger partial charge in [-0.25, -0.2) is 8.42 Å². The van der Waals surface area contributed by atoms with Crippen LogP contribution in [-0.4, -0.2) is 14.7 Å². The molecule has 1 aliphatic rings. The Morgan fingerprint density at radius 1 is 0.913 bits per heavy atom. The third-order valence-corrected chi connectivity index (χ3v) is 5.55. The second-order valence-corrected chi connectivity index (χ2v) is 8.15. The van der Waals surface area contributed by atoms with E-state index in [4.69, 9.17) is 11.6 Å². The zero-order valence-electron chi connectivity index (χ0n) is 13.0. The summed E-state index contributed by atoms with van der Waals surface area (Å²) in [6.07, 6.45) is 6.40. The number of rotatable bonds is 3. The zero-order valence-corrected chi connectivity index (χ0v) is 14.6. The third kappa shape index (κ3) is 3.26. The monoisotopic (exact) mass is 344 g/mol. The van der Waals surface area contributed by atoms with Crippen LogP contribution in [0.1, 0.15) is 23.1 Å². The van der Waals surface area contributed by atoms with E-state index < -0.39 is 9.84 Å². The predicted octanol–water partition coefficient (Wildman–Crippen LogP) is 4.92. The van der Waals surface area contributed by atoms with Gasteiger partial charge in [-0.3, -0.25) is 0 Å². The average Bonchev–Trinajstić information content (AvgIpc) is 2.99. The molecule has 4 heteroatoms. The van der Waals surface area contributed by atoms with Crippen molar-refractivity contribution in [2.24, 2.45) is 0 Å². The SMILES string of the molecule is Cc1ccc(C2=CCC=C2c2ccc(S(C)(=O)=O)cc2)cc1Cl. The van der Waals surface area contributed by atoms with E-state index >= 15 is 0 Å². The Bertz CT molecular complexity index is 920. The molecule has 0 fully saturated rings. The van der Waals surface area contributed by atoms with Crippen LogP contribution in [0.2, 0.25) is 5.02 Å². The van der Waals surface area contributed by atoms with Gasteiger partial charge < -0.3 is 0 Å². The first-order chi connectivity index (χ1) is 10.9. The average molecular weight is 345 g/mol. The molecule has 0 heterocycles. The number of benzene rings is 2. The van der Waals surface area contributed by atoms with Gasteiger partial charge in [0, 0.05) is 11.3 Å². The van der Waals surface area contributed by atoms with E-state index in [9.17, 15) is 8.42 Å². The standard InChI is InChI=1S/C19H17ClO2S/c1-13-6-7-15(12-19(13)20)18-5-3-4-17(18)14-8-10-16(11-9-14)23(2,21)22/h4-12H,3H2,1-2H3. The van der Waals surface area contributed by atoms with Crippen molar-refractivity contribution in [1.29, 1.82) is 0 Å². The molecular weight excluding hydrogens is 328 g/mol. The highest BCUT2D eigenvalue weighted by Gasteiger charge is 2.16. The van der Waals surface area contributed by atoms with Gasteiger partial charge in [0.15, 0.2) is 9.84 Å². The van der Waals surface area contributed by atoms with E-state index in [2.05, 4.69) is 18.2 Å². The van der Waals surface area contributed by atoms with Gasteiger partial charge in [-0.1, -0.05) is 48.0 Å². The Morgan fingerprint density at radius 2 is 1.48 bits per heavy atom. The first-order valence-electron chi connectivity index (χ1n) is 7.34. The van der Waals surface area contributed by atoms with Gasteiger partial charge in [0.25, 0.3) is 0 Å². The molecular formula is C19H17ClO2S. The van der Waals surface area contributed by atoms with Crippen LogP contribution in [0.15, 0.2) is 59.5 Å². The molecule has 2 aromatic rings. The summed E-state index contributed by atoms with van der Waals surface area (Å²) in [6, 6.07) is 13.1. The number of hydrogen-bond donors (Lipinski definition) is 0. The van der Waals surface area contributed by atoms with Crippen molar-refractivity contribution in [2.45, 2.75) is 18.2 Å². The largest absolute Gasteiger partial charge is 0.224 e. The molecule has 3 rings (SSSR count). The van der Waals surface area contributed by atoms with Crippen LogP contribution in [0.3, 0.4) is 0 Å². The van der Waals surface area contributed by atoms with Crippen LogP contribution >= 0.6 is 11.6 Å². The van der Waals surface area contributed by atoms with Crippen molar-refractivity contribution in [1.82, 2.24) is 0 Å². The maximum atomic E-state index is 11.6. The second kappa shape index (κ2) is 5.99. The van der Waals surface area contributed by atoms with Crippen LogP contribution in [-0.2, 0) is 9.84 Å². The highest BCUT2D eigenvalue weighted by Crippen LogP contribution is 2.37. The molecule has 0 radical (unpaired) electrons. The van der Waals surface area contributed by atoms with E-state index in [-0.39, 0.29) is 0 Å². The van der Waals surface area contributed by atoms with Crippen LogP contribution in [0.5, 0.6) is 0 Å². The molecule has 23 heavy (non-hydrogen) atoms. The molecule has 0 bridgehead atoms. The van der Waals surface area contributed by atoms with Crippen molar-refractivity contribution >= 4 is 32.6 Å². The summed E-state index contributed by atoms with van der Waals surface area (Å²) in [5, 5.41) is 0.752. The summed E-state index contributed by atoms with van der Waals surface area (Å²) in [5.41, 5.74) is 5.40. The minimum Gasteiger partial charge on any atom is -0.224 e. The van der Waals surface area contributed by atoms with E-state index in [1.165, 1.54) is 6.26 Å². The smallest absolute Gasteiger partial charge is 0.175 e. The van der Waals surface area contributed by atoms with Crippen molar-refractivity contribution in [3.63, 3.8) is 0 Å². The molecule has 0 aromatic heterocycles. The van der Waals surface area contributed by atoms with Crippen LogP contribution < -0.4 is 0 Å². The number of allylic oxidation sites excluding steroid dienone is 4. The van der Waals surface area contributed by atoms with E-state index in [0.717, 1.165) is 39.3 Å². The Hall–Kier alpha value is -1.84. The molecule has 0 unspecified atom stereocenters. The normalized spacial score (nSPS) is 14.6. The molecule has 0 amide bonds. The van der Waals surface area contributed by atoms with E-state index in [1.54, 1.807) is 12.1 Å². The highest BCUT2D eigenvalue weighted by molar-refractivity contribution is 7.90. The van der Waals surface area contributed by atoms with Gasteiger partial charge in [0.2, 0.25) is 0 Å². The van der Waals surface area contributed by atoms with Gasteiger partial charge in [-0.05, 0) is 59.4 Å². The van der Waals surface area contributed by atoms with Crippen molar-refractivity contribution in [3.05, 3.63) is 76.3 Å². The lowest BCUT2D eigenvalue weighted by Gasteiger charge is -2.11. The molecule has 2 nitrogen and oxygen atoms in total. The molecule has 0 aliphatic heterocycles. The van der Waals surface area contributed by atoms with Gasteiger partial charge in [0.1, 0.15) is 0 Å². The lowest BCUT2D eigenvalue weighted by molar-refractivity contribution is 0.602. The van der Waals surface area contributed by atoms with Gasteiger partial charge in [0.05, 0.1) is 4.90 Å². The predicted molar refractivity (Wildman–Crippen MR) is 96.3 cm³/mol. The molecule has 118 valence electrons. The van der Waals surface area contributed by atoms with E-state index in [0.29, 0.717) is 4.90 Å². The van der Waals surface area contributed by atoms with Gasteiger partial charge >= 0.3 is 0 Å². The lowest BCUT2D eigenvalue weighted by atomic mass is 9.94. The quantitative estimate of drug-likeness (QED) is 0.791. The number of sulfone groups is 1. The van der Waals surface area contributed by atoms with Crippen LogP contribution in [0.4, 0.5) is 0 Å². The van der Waals surface area contributed by atoms with Crippen LogP contribution in [0, 0.1) is 6.92 Å². The fraction of sp³-hybridized carbons (Fsp3) is 0.158. The van der Waals surface area contributed by atoms with Crippen LogP contribution in [0.25, 0.3) is 11.1 Å². The van der Waals surface area contributed by atoms with Gasteiger partial charge in [-0.15, -0.1) is 0 Å². The lowest BCUT2D eigenvalue weighted by Crippen LogP contribution is -1.97. The maximum Gasteiger partial charge on any atom is 0.175 e. The molecule has 1 aliphatic carbocycles. The topological polar surface area (TPSA) is 34.1 Å². The Kier molecular flexibility index (Phi) is 4.17. The molecule has 0 saturated carbocycles. The Labute approximate surface area is 142 Å². The molecule has 0 spiro atoms. The van der Waals surface area contributed by atoms with Gasteiger partial charge in [-0.2, -0.15) is 0 Å². The number of halogens is 1. The number of hydrogen-bond acceptors (Lipinski definition) is 2.